The normalized spacial score (nSPS) is 17.0. The van der Waals surface area contributed by atoms with Gasteiger partial charge in [-0.1, -0.05) is 29.3 Å². The maximum Gasteiger partial charge on any atom is 0.328 e. The Hall–Kier alpha value is -2.93. The van der Waals surface area contributed by atoms with Crippen molar-refractivity contribution < 1.29 is 18.8 Å². The number of imide groups is 1. The number of aryl methyl sites for hydroxylation is 1. The van der Waals surface area contributed by atoms with E-state index in [2.05, 4.69) is 10.6 Å². The Morgan fingerprint density at radius 1 is 1.23 bits per heavy atom. The van der Waals surface area contributed by atoms with Crippen LogP contribution in [0.3, 0.4) is 0 Å². The standard InChI is InChI=1S/C18H15ClFN3O3/c1-10-2-4-11(5-3-10)22-16(24)13-9-21-18(26)23(17(13)25)12-6-7-15(20)14(19)8-12/h2-8,13H,9H2,1H3,(H,21,26)(H,22,24). The molecule has 1 atom stereocenters. The molecule has 3 rings (SSSR count). The molecule has 0 radical (unpaired) electrons. The zero-order valence-corrected chi connectivity index (χ0v) is 14.5. The molecule has 1 fully saturated rings. The SMILES string of the molecule is Cc1ccc(NC(=O)C2CNC(=O)N(c3ccc(F)c(Cl)c3)C2=O)cc1. The predicted molar refractivity (Wildman–Crippen MR) is 95.6 cm³/mol. The fourth-order valence-electron chi connectivity index (χ4n) is 2.55. The molecule has 2 aromatic rings. The molecule has 2 aromatic carbocycles. The van der Waals surface area contributed by atoms with Gasteiger partial charge in [0.2, 0.25) is 11.8 Å². The largest absolute Gasteiger partial charge is 0.336 e. The highest BCUT2D eigenvalue weighted by atomic mass is 35.5. The molecule has 1 heterocycles. The number of benzene rings is 2. The third-order valence-corrected chi connectivity index (χ3v) is 4.27. The highest BCUT2D eigenvalue weighted by molar-refractivity contribution is 6.31. The van der Waals surface area contributed by atoms with Crippen LogP contribution in [0.5, 0.6) is 0 Å². The molecule has 26 heavy (non-hydrogen) atoms. The molecule has 1 aliphatic rings. The Bertz CT molecular complexity index is 886. The first kappa shape index (κ1) is 17.9. The van der Waals surface area contributed by atoms with Crippen LogP contribution in [0.4, 0.5) is 20.6 Å². The van der Waals surface area contributed by atoms with Gasteiger partial charge in [-0.25, -0.2) is 14.1 Å². The molecule has 1 aliphatic heterocycles. The third-order valence-electron chi connectivity index (χ3n) is 3.98. The molecular formula is C18H15ClFN3O3. The van der Waals surface area contributed by atoms with Crippen LogP contribution < -0.4 is 15.5 Å². The summed E-state index contributed by atoms with van der Waals surface area (Å²) in [6.45, 7) is 1.79. The maximum absolute atomic E-state index is 13.3. The Balaban J connectivity index is 1.81. The van der Waals surface area contributed by atoms with E-state index >= 15 is 0 Å². The Morgan fingerprint density at radius 2 is 1.92 bits per heavy atom. The van der Waals surface area contributed by atoms with Gasteiger partial charge in [-0.15, -0.1) is 0 Å². The number of nitrogens with zero attached hydrogens (tertiary/aromatic N) is 1. The average Bonchev–Trinajstić information content (AvgIpc) is 2.60. The molecule has 0 bridgehead atoms. The van der Waals surface area contributed by atoms with Crippen molar-refractivity contribution in [3.63, 3.8) is 0 Å². The lowest BCUT2D eigenvalue weighted by atomic mass is 10.0. The van der Waals surface area contributed by atoms with E-state index in [9.17, 15) is 18.8 Å². The van der Waals surface area contributed by atoms with E-state index < -0.39 is 29.6 Å². The van der Waals surface area contributed by atoms with E-state index in [-0.39, 0.29) is 17.3 Å². The summed E-state index contributed by atoms with van der Waals surface area (Å²) in [7, 11) is 0. The van der Waals surface area contributed by atoms with Crippen molar-refractivity contribution in [3.8, 4) is 0 Å². The van der Waals surface area contributed by atoms with Crippen molar-refractivity contribution in [2.75, 3.05) is 16.8 Å². The molecule has 134 valence electrons. The lowest BCUT2D eigenvalue weighted by Gasteiger charge is -2.30. The van der Waals surface area contributed by atoms with Gasteiger partial charge in [0.1, 0.15) is 11.7 Å². The van der Waals surface area contributed by atoms with Crippen LogP contribution in [0.2, 0.25) is 5.02 Å². The number of anilines is 2. The molecular weight excluding hydrogens is 361 g/mol. The van der Waals surface area contributed by atoms with E-state index in [1.165, 1.54) is 6.07 Å². The number of urea groups is 1. The summed E-state index contributed by atoms with van der Waals surface area (Å²) in [5.41, 5.74) is 1.66. The van der Waals surface area contributed by atoms with Crippen LogP contribution >= 0.6 is 11.6 Å². The molecule has 0 spiro atoms. The zero-order valence-electron chi connectivity index (χ0n) is 13.8. The van der Waals surface area contributed by atoms with Crippen molar-refractivity contribution in [3.05, 3.63) is 58.9 Å². The smallest absolute Gasteiger partial charge is 0.328 e. The van der Waals surface area contributed by atoms with Crippen LogP contribution in [0.1, 0.15) is 5.56 Å². The van der Waals surface area contributed by atoms with Gasteiger partial charge >= 0.3 is 6.03 Å². The van der Waals surface area contributed by atoms with Gasteiger partial charge in [0.05, 0.1) is 10.7 Å². The van der Waals surface area contributed by atoms with Crippen LogP contribution in [0.25, 0.3) is 0 Å². The minimum Gasteiger partial charge on any atom is -0.336 e. The van der Waals surface area contributed by atoms with E-state index in [4.69, 9.17) is 11.6 Å². The van der Waals surface area contributed by atoms with Crippen LogP contribution in [0, 0.1) is 18.7 Å². The van der Waals surface area contributed by atoms with Gasteiger partial charge in [-0.05, 0) is 37.3 Å². The lowest BCUT2D eigenvalue weighted by molar-refractivity contribution is -0.130. The Labute approximate surface area is 153 Å². The molecule has 0 saturated carbocycles. The molecule has 2 N–H and O–H groups in total. The number of amides is 4. The molecule has 4 amide bonds. The molecule has 6 nitrogen and oxygen atoms in total. The summed E-state index contributed by atoms with van der Waals surface area (Å²) in [6, 6.07) is 9.85. The molecule has 1 unspecified atom stereocenters. The first-order valence-corrected chi connectivity index (χ1v) is 8.19. The number of halogens is 2. The molecule has 1 saturated heterocycles. The minimum absolute atomic E-state index is 0.0896. The van der Waals surface area contributed by atoms with Crippen molar-refractivity contribution in [1.29, 1.82) is 0 Å². The summed E-state index contributed by atoms with van der Waals surface area (Å²) in [4.78, 5) is 38.0. The predicted octanol–water partition coefficient (Wildman–Crippen LogP) is 3.10. The van der Waals surface area contributed by atoms with Crippen molar-refractivity contribution in [2.24, 2.45) is 5.92 Å². The number of carbonyl (C=O) groups is 3. The van der Waals surface area contributed by atoms with Crippen LogP contribution in [-0.4, -0.2) is 24.4 Å². The van der Waals surface area contributed by atoms with Crippen molar-refractivity contribution >= 4 is 40.8 Å². The summed E-state index contributed by atoms with van der Waals surface area (Å²) >= 11 is 5.72. The number of hydrogen-bond acceptors (Lipinski definition) is 3. The second-order valence-corrected chi connectivity index (χ2v) is 6.27. The number of carbonyl (C=O) groups excluding carboxylic acids is 3. The first-order valence-electron chi connectivity index (χ1n) is 7.81. The monoisotopic (exact) mass is 375 g/mol. The summed E-state index contributed by atoms with van der Waals surface area (Å²) in [5, 5.41) is 4.91. The van der Waals surface area contributed by atoms with Gasteiger partial charge < -0.3 is 10.6 Å². The van der Waals surface area contributed by atoms with Crippen LogP contribution in [-0.2, 0) is 9.59 Å². The van der Waals surface area contributed by atoms with Crippen molar-refractivity contribution in [2.45, 2.75) is 6.92 Å². The third kappa shape index (κ3) is 3.52. The summed E-state index contributed by atoms with van der Waals surface area (Å²) in [6.07, 6.45) is 0. The fraction of sp³-hybridized carbons (Fsp3) is 0.167. The van der Waals surface area contributed by atoms with Gasteiger partial charge in [0, 0.05) is 12.2 Å². The molecule has 8 heteroatoms. The Kier molecular flexibility index (Phi) is 4.90. The fourth-order valence-corrected chi connectivity index (χ4v) is 2.73. The maximum atomic E-state index is 13.3. The second-order valence-electron chi connectivity index (χ2n) is 5.87. The lowest BCUT2D eigenvalue weighted by Crippen LogP contribution is -2.58. The molecule has 0 aromatic heterocycles. The van der Waals surface area contributed by atoms with E-state index in [0.717, 1.165) is 22.6 Å². The van der Waals surface area contributed by atoms with Gasteiger partial charge in [-0.3, -0.25) is 9.59 Å². The van der Waals surface area contributed by atoms with E-state index in [0.29, 0.717) is 5.69 Å². The summed E-state index contributed by atoms with van der Waals surface area (Å²) in [5.74, 6) is -3.04. The van der Waals surface area contributed by atoms with Crippen molar-refractivity contribution in [1.82, 2.24) is 5.32 Å². The number of rotatable bonds is 3. The second kappa shape index (κ2) is 7.13. The minimum atomic E-state index is -1.11. The number of hydrogen-bond donors (Lipinski definition) is 2. The first-order chi connectivity index (χ1) is 12.4. The summed E-state index contributed by atoms with van der Waals surface area (Å²) < 4.78 is 13.3. The van der Waals surface area contributed by atoms with Crippen LogP contribution in [0.15, 0.2) is 42.5 Å². The average molecular weight is 376 g/mol. The van der Waals surface area contributed by atoms with Gasteiger partial charge in [0.25, 0.3) is 0 Å². The van der Waals surface area contributed by atoms with E-state index in [1.54, 1.807) is 12.1 Å². The number of nitrogens with one attached hydrogen (secondary N) is 2. The highest BCUT2D eigenvalue weighted by Gasteiger charge is 2.39. The quantitative estimate of drug-likeness (QED) is 0.809. The zero-order chi connectivity index (χ0) is 18.8. The van der Waals surface area contributed by atoms with E-state index in [1.807, 2.05) is 19.1 Å². The topological polar surface area (TPSA) is 78.5 Å². The van der Waals surface area contributed by atoms with Gasteiger partial charge in [0.15, 0.2) is 0 Å². The Morgan fingerprint density at radius 3 is 2.58 bits per heavy atom. The highest BCUT2D eigenvalue weighted by Crippen LogP contribution is 2.26. The van der Waals surface area contributed by atoms with Gasteiger partial charge in [-0.2, -0.15) is 0 Å². The molecule has 0 aliphatic carbocycles.